The van der Waals surface area contributed by atoms with E-state index in [0.29, 0.717) is 27.7 Å². The molecule has 1 aromatic rings. The maximum Gasteiger partial charge on any atom is 0.329 e. The summed E-state index contributed by atoms with van der Waals surface area (Å²) in [6.07, 6.45) is 0.185. The Hall–Kier alpha value is -1.46. The second-order valence-electron chi connectivity index (χ2n) is 6.61. The van der Waals surface area contributed by atoms with Crippen LogP contribution in [-0.4, -0.2) is 28.7 Å². The van der Waals surface area contributed by atoms with Crippen molar-refractivity contribution in [3.05, 3.63) is 27.7 Å². The number of rotatable bonds is 3. The second-order valence-corrected chi connectivity index (χ2v) is 7.45. The third-order valence-corrected chi connectivity index (χ3v) is 4.00. The largest absolute Gasteiger partial charge is 0.481 e. The number of aliphatic carboxylic acids is 1. The van der Waals surface area contributed by atoms with Gasteiger partial charge >= 0.3 is 11.9 Å². The number of carboxylic acids is 1. The molecule has 0 saturated carbocycles. The molecule has 2 N–H and O–H groups in total. The fourth-order valence-electron chi connectivity index (χ4n) is 2.69. The summed E-state index contributed by atoms with van der Waals surface area (Å²) in [6, 6.07) is 2.58. The highest BCUT2D eigenvalue weighted by Gasteiger charge is 2.35. The second kappa shape index (κ2) is 6.57. The summed E-state index contributed by atoms with van der Waals surface area (Å²) < 4.78 is 5.39. The molecule has 0 unspecified atom stereocenters. The summed E-state index contributed by atoms with van der Waals surface area (Å²) in [5, 5.41) is 13.0. The Morgan fingerprint density at radius 2 is 2.00 bits per heavy atom. The van der Waals surface area contributed by atoms with E-state index in [1.807, 2.05) is 0 Å². The number of hydrogen-bond acceptors (Lipinski definition) is 4. The van der Waals surface area contributed by atoms with Crippen molar-refractivity contribution in [3.8, 4) is 0 Å². The highest BCUT2D eigenvalue weighted by atomic mass is 35.5. The molecular formula is C16H19Cl2NO4. The molecule has 2 atom stereocenters. The zero-order valence-electron chi connectivity index (χ0n) is 13.2. The third-order valence-electron chi connectivity index (χ3n) is 3.46. The van der Waals surface area contributed by atoms with E-state index in [4.69, 9.17) is 33.0 Å². The van der Waals surface area contributed by atoms with Gasteiger partial charge in [0.2, 0.25) is 0 Å². The Kier molecular flexibility index (Phi) is 5.11. The van der Waals surface area contributed by atoms with Crippen LogP contribution < -0.4 is 5.32 Å². The predicted molar refractivity (Wildman–Crippen MR) is 89.3 cm³/mol. The topological polar surface area (TPSA) is 75.6 Å². The molecular weight excluding hydrogens is 341 g/mol. The average molecular weight is 360 g/mol. The number of hydrogen-bond donors (Lipinski definition) is 2. The van der Waals surface area contributed by atoms with E-state index in [1.54, 1.807) is 32.9 Å². The van der Waals surface area contributed by atoms with Crippen molar-refractivity contribution >= 4 is 40.8 Å². The van der Waals surface area contributed by atoms with Crippen molar-refractivity contribution in [2.24, 2.45) is 0 Å². The lowest BCUT2D eigenvalue weighted by Crippen LogP contribution is -2.40. The molecule has 5 nitrogen and oxygen atoms in total. The quantitative estimate of drug-likeness (QED) is 0.795. The number of esters is 1. The van der Waals surface area contributed by atoms with Gasteiger partial charge in [0, 0.05) is 21.7 Å². The highest BCUT2D eigenvalue weighted by molar-refractivity contribution is 6.35. The van der Waals surface area contributed by atoms with Crippen LogP contribution in [0, 0.1) is 0 Å². The van der Waals surface area contributed by atoms with E-state index < -0.39 is 23.6 Å². The molecule has 7 heteroatoms. The molecule has 1 aliphatic rings. The van der Waals surface area contributed by atoms with Crippen LogP contribution in [0.5, 0.6) is 0 Å². The maximum absolute atomic E-state index is 12.3. The van der Waals surface area contributed by atoms with Gasteiger partial charge in [-0.05, 0) is 44.9 Å². The highest BCUT2D eigenvalue weighted by Crippen LogP contribution is 2.42. The molecule has 23 heavy (non-hydrogen) atoms. The van der Waals surface area contributed by atoms with Crippen LogP contribution in [0.3, 0.4) is 0 Å². The molecule has 0 aliphatic carbocycles. The minimum absolute atomic E-state index is 0.116. The summed E-state index contributed by atoms with van der Waals surface area (Å²) in [5.74, 6) is -1.75. The molecule has 0 saturated heterocycles. The number of carboxylic acid groups (broad SMARTS) is 1. The van der Waals surface area contributed by atoms with E-state index in [2.05, 4.69) is 5.32 Å². The van der Waals surface area contributed by atoms with Gasteiger partial charge in [-0.15, -0.1) is 0 Å². The first kappa shape index (κ1) is 17.9. The number of halogens is 2. The number of anilines is 1. The predicted octanol–water partition coefficient (Wildman–Crippen LogP) is 4.08. The lowest BCUT2D eigenvalue weighted by Gasteiger charge is -2.33. The molecule has 0 amide bonds. The molecule has 0 bridgehead atoms. The van der Waals surface area contributed by atoms with Crippen LogP contribution >= 0.6 is 23.2 Å². The Morgan fingerprint density at radius 1 is 1.35 bits per heavy atom. The summed E-state index contributed by atoms with van der Waals surface area (Å²) in [5.41, 5.74) is 0.641. The van der Waals surface area contributed by atoms with E-state index in [0.717, 1.165) is 0 Å². The average Bonchev–Trinajstić information content (AvgIpc) is 2.34. The number of fused-ring (bicyclic) bond motifs is 1. The van der Waals surface area contributed by atoms with Gasteiger partial charge in [-0.1, -0.05) is 23.2 Å². The molecule has 1 aliphatic heterocycles. The van der Waals surface area contributed by atoms with Crippen molar-refractivity contribution in [3.63, 3.8) is 0 Å². The number of nitrogens with one attached hydrogen (secondary N) is 1. The zero-order chi connectivity index (χ0) is 17.4. The van der Waals surface area contributed by atoms with E-state index in [1.165, 1.54) is 0 Å². The van der Waals surface area contributed by atoms with E-state index in [9.17, 15) is 9.59 Å². The molecule has 0 fully saturated rings. The molecule has 0 aromatic heterocycles. The molecule has 0 radical (unpaired) electrons. The van der Waals surface area contributed by atoms with E-state index >= 15 is 0 Å². The van der Waals surface area contributed by atoms with Gasteiger partial charge in [0.1, 0.15) is 11.6 Å². The lowest BCUT2D eigenvalue weighted by atomic mass is 9.84. The van der Waals surface area contributed by atoms with Gasteiger partial charge in [0.25, 0.3) is 0 Å². The van der Waals surface area contributed by atoms with Gasteiger partial charge < -0.3 is 15.2 Å². The smallest absolute Gasteiger partial charge is 0.329 e. The van der Waals surface area contributed by atoms with Gasteiger partial charge in [-0.3, -0.25) is 4.79 Å². The van der Waals surface area contributed by atoms with E-state index in [-0.39, 0.29) is 12.3 Å². The van der Waals surface area contributed by atoms with Crippen LogP contribution in [-0.2, 0) is 14.3 Å². The van der Waals surface area contributed by atoms with Crippen molar-refractivity contribution < 1.29 is 19.4 Å². The lowest BCUT2D eigenvalue weighted by molar-refractivity contribution is -0.156. The molecule has 1 heterocycles. The van der Waals surface area contributed by atoms with Gasteiger partial charge in [0.05, 0.1) is 6.42 Å². The van der Waals surface area contributed by atoms with Crippen molar-refractivity contribution in [2.45, 2.75) is 51.2 Å². The first-order chi connectivity index (χ1) is 10.6. The van der Waals surface area contributed by atoms with Crippen LogP contribution in [0.2, 0.25) is 10.0 Å². The molecule has 126 valence electrons. The van der Waals surface area contributed by atoms with Crippen molar-refractivity contribution in [2.75, 3.05) is 5.32 Å². The normalized spacial score (nSPS) is 20.4. The summed E-state index contributed by atoms with van der Waals surface area (Å²) >= 11 is 12.2. The van der Waals surface area contributed by atoms with Gasteiger partial charge in [-0.25, -0.2) is 4.79 Å². The van der Waals surface area contributed by atoms with Crippen LogP contribution in [0.25, 0.3) is 0 Å². The Labute approximate surface area is 144 Å². The molecule has 1 aromatic carbocycles. The minimum Gasteiger partial charge on any atom is -0.481 e. The Morgan fingerprint density at radius 3 is 2.57 bits per heavy atom. The fraction of sp³-hybridized carbons (Fsp3) is 0.500. The van der Waals surface area contributed by atoms with Crippen molar-refractivity contribution in [1.82, 2.24) is 0 Å². The minimum atomic E-state index is -0.947. The van der Waals surface area contributed by atoms with Crippen LogP contribution in [0.15, 0.2) is 12.1 Å². The fourth-order valence-corrected chi connectivity index (χ4v) is 3.34. The zero-order valence-corrected chi connectivity index (χ0v) is 14.7. The number of ether oxygens (including phenoxy) is 1. The van der Waals surface area contributed by atoms with Gasteiger partial charge in [-0.2, -0.15) is 0 Å². The monoisotopic (exact) mass is 359 g/mol. The standard InChI is InChI=1S/C16H19Cl2NO4/c1-16(2,3)23-15(22)12-4-8(5-13(20)21)14-10(18)6-9(17)7-11(14)19-12/h6-8,12,19H,4-5H2,1-3H3,(H,20,21)/t8-,12-/m1/s1. The number of benzene rings is 1. The molecule has 2 rings (SSSR count). The van der Waals surface area contributed by atoms with Crippen molar-refractivity contribution in [1.29, 1.82) is 0 Å². The van der Waals surface area contributed by atoms with Crippen LogP contribution in [0.4, 0.5) is 5.69 Å². The SMILES string of the molecule is CC(C)(C)OC(=O)[C@H]1C[C@H](CC(=O)O)c2c(Cl)cc(Cl)cc2N1. The van der Waals surface area contributed by atoms with Gasteiger partial charge in [0.15, 0.2) is 0 Å². The number of carbonyl (C=O) groups excluding carboxylic acids is 1. The maximum atomic E-state index is 12.3. The Balaban J connectivity index is 2.35. The Bertz CT molecular complexity index is 640. The molecule has 0 spiro atoms. The summed E-state index contributed by atoms with van der Waals surface area (Å²) in [7, 11) is 0. The first-order valence-electron chi connectivity index (χ1n) is 7.27. The number of carbonyl (C=O) groups is 2. The summed E-state index contributed by atoms with van der Waals surface area (Å²) in [6.45, 7) is 5.35. The summed E-state index contributed by atoms with van der Waals surface area (Å²) in [4.78, 5) is 23.5. The van der Waals surface area contributed by atoms with Crippen LogP contribution in [0.1, 0.15) is 45.1 Å². The third kappa shape index (κ3) is 4.52. The first-order valence-corrected chi connectivity index (χ1v) is 8.02.